The number of aryl methyl sites for hydroxylation is 4. The Kier molecular flexibility index (Phi) is 21.9. The van der Waals surface area contributed by atoms with Crippen molar-refractivity contribution >= 4 is 101 Å². The highest BCUT2D eigenvalue weighted by Crippen LogP contribution is 2.52. The first-order chi connectivity index (χ1) is 58.0. The number of nitrogens with zero attached hydrogens (tertiary/aromatic N) is 6. The Morgan fingerprint density at radius 3 is 0.669 bits per heavy atom. The number of fused-ring (bicyclic) bond motifs is 9. The highest BCUT2D eigenvalue weighted by atomic mass is 15.4. The topological polar surface area (TPSA) is 18.1 Å². The fourth-order valence-electron chi connectivity index (χ4n) is 21.3. The zero-order valence-corrected chi connectivity index (χ0v) is 75.1. The van der Waals surface area contributed by atoms with Crippen LogP contribution in [0, 0.1) is 27.7 Å². The van der Waals surface area contributed by atoms with Crippen molar-refractivity contribution in [3.05, 3.63) is 393 Å². The number of hydrogen-bond acceptors (Lipinski definition) is 0. The molecular weight excluding hydrogens is 1470 g/mol. The molecule has 0 unspecified atom stereocenters. The van der Waals surface area contributed by atoms with Gasteiger partial charge in [-0.3, -0.25) is 0 Å². The van der Waals surface area contributed by atoms with Crippen molar-refractivity contribution in [3.8, 4) is 0 Å². The van der Waals surface area contributed by atoms with Crippen LogP contribution in [-0.2, 0) is 38.5 Å². The van der Waals surface area contributed by atoms with Crippen molar-refractivity contribution in [2.75, 3.05) is 0 Å². The number of allylic oxidation sites excluding steroid dienone is 6. The van der Waals surface area contributed by atoms with Gasteiger partial charge in [0.15, 0.2) is 0 Å². The molecule has 6 heteroatoms. The Morgan fingerprint density at radius 2 is 0.446 bits per heavy atom. The van der Waals surface area contributed by atoms with Crippen LogP contribution < -0.4 is 0 Å². The SMILES string of the molecule is C=CCc1cc(C(C)C)c([N+]2=C3C(=[N+](c4c(C(C)C)cc(CC=C)cc4C(C)C)C2(C)C)c2cccc4cccc3c24)c(C(C)C)c1.C=CCc1cc(C)c([N+]2=C3C(=[N+](c4c(C)cc(CC=C)cc4C)C2(C)C)c2cccc4cccc3c24)c(C)c1.C=CCc1ccc([N+]2=C3C(=[N+](c4ccc(CC=C)cc4)C2(C)C)c2cccc4cccc3c24)cc1. The molecule has 3 aliphatic carbocycles. The molecule has 12 aromatic rings. The fraction of sp³-hybridized carbons (Fsp3) is 0.270. The Balaban J connectivity index is 0.000000136. The highest BCUT2D eigenvalue weighted by Gasteiger charge is 2.65. The van der Waals surface area contributed by atoms with Gasteiger partial charge in [0.2, 0.25) is 34.1 Å². The average molecular weight is 1590 g/mol. The minimum atomic E-state index is -0.402. The first kappa shape index (κ1) is 82.6. The molecule has 18 rings (SSSR count). The first-order valence-electron chi connectivity index (χ1n) is 44.0. The lowest BCUT2D eigenvalue weighted by Gasteiger charge is -2.26. The minimum absolute atomic E-state index is 0.305. The third-order valence-corrected chi connectivity index (χ3v) is 26.2. The van der Waals surface area contributed by atoms with E-state index in [9.17, 15) is 0 Å². The van der Waals surface area contributed by atoms with Gasteiger partial charge in [0.25, 0.3) is 34.3 Å². The molecule has 0 spiro atoms. The Labute approximate surface area is 720 Å². The average Bonchev–Trinajstić information content (AvgIpc) is 1.48. The minimum Gasteiger partial charge on any atom is -0.121 e. The molecule has 121 heavy (non-hydrogen) atoms. The molecule has 0 amide bonds. The molecule has 0 bridgehead atoms. The van der Waals surface area contributed by atoms with Crippen molar-refractivity contribution in [3.63, 3.8) is 0 Å². The predicted molar refractivity (Wildman–Crippen MR) is 516 cm³/mol. The maximum absolute atomic E-state index is 4.09. The zero-order valence-electron chi connectivity index (χ0n) is 75.1. The summed E-state index contributed by atoms with van der Waals surface area (Å²) in [6.07, 6.45) is 17.3. The summed E-state index contributed by atoms with van der Waals surface area (Å²) in [5.74, 6) is 1.43. The molecule has 0 fully saturated rings. The van der Waals surface area contributed by atoms with Gasteiger partial charge in [0.05, 0.1) is 74.9 Å². The summed E-state index contributed by atoms with van der Waals surface area (Å²) in [5, 5.41) is 7.95. The van der Waals surface area contributed by atoms with E-state index in [1.807, 2.05) is 36.5 Å². The van der Waals surface area contributed by atoms with Gasteiger partial charge < -0.3 is 0 Å². The fourth-order valence-corrected chi connectivity index (χ4v) is 21.3. The van der Waals surface area contributed by atoms with Crippen LogP contribution in [-0.4, -0.2) is 78.7 Å². The van der Waals surface area contributed by atoms with Crippen LogP contribution in [0.4, 0.5) is 34.1 Å². The van der Waals surface area contributed by atoms with Gasteiger partial charge in [-0.15, -0.1) is 66.9 Å². The lowest BCUT2D eigenvalue weighted by Crippen LogP contribution is -2.42. The van der Waals surface area contributed by atoms with Crippen LogP contribution in [0.25, 0.3) is 32.3 Å². The molecule has 3 aliphatic heterocycles. The van der Waals surface area contributed by atoms with E-state index in [1.165, 1.54) is 212 Å². The van der Waals surface area contributed by atoms with Gasteiger partial charge in [0.1, 0.15) is 0 Å². The molecule has 0 N–H and O–H groups in total. The van der Waals surface area contributed by atoms with E-state index in [2.05, 4.69) is 398 Å². The molecule has 6 aliphatic rings. The second-order valence-corrected chi connectivity index (χ2v) is 37.0. The Bertz CT molecular complexity index is 6120. The summed E-state index contributed by atoms with van der Waals surface area (Å²) < 4.78 is 15.8. The van der Waals surface area contributed by atoms with Crippen LogP contribution in [0.1, 0.15) is 232 Å². The van der Waals surface area contributed by atoms with Crippen LogP contribution in [0.15, 0.2) is 282 Å². The predicted octanol–water partition coefficient (Wildman–Crippen LogP) is 27.7. The van der Waals surface area contributed by atoms with Gasteiger partial charge in [-0.25, -0.2) is 0 Å². The van der Waals surface area contributed by atoms with Crippen LogP contribution in [0.3, 0.4) is 0 Å². The summed E-state index contributed by atoms with van der Waals surface area (Å²) in [7, 11) is 0. The largest absolute Gasteiger partial charge is 0.357 e. The smallest absolute Gasteiger partial charge is 0.121 e. The van der Waals surface area contributed by atoms with E-state index in [1.54, 1.807) is 0 Å². The number of benzene rings is 12. The summed E-state index contributed by atoms with van der Waals surface area (Å²) in [6.45, 7) is 66.1. The monoisotopic (exact) mass is 1590 g/mol. The molecule has 606 valence electrons. The molecule has 3 heterocycles. The lowest BCUT2D eigenvalue weighted by atomic mass is 9.87. The van der Waals surface area contributed by atoms with E-state index >= 15 is 0 Å². The van der Waals surface area contributed by atoms with Gasteiger partial charge in [-0.1, -0.05) is 189 Å². The maximum Gasteiger partial charge on any atom is 0.357 e. The van der Waals surface area contributed by atoms with Gasteiger partial charge >= 0.3 is 17.0 Å². The summed E-state index contributed by atoms with van der Waals surface area (Å²) in [6, 6.07) is 77.7. The van der Waals surface area contributed by atoms with Gasteiger partial charge in [0, 0.05) is 84.9 Å². The third-order valence-electron chi connectivity index (χ3n) is 26.2. The molecule has 0 aromatic heterocycles. The Hall–Kier alpha value is -12.1. The van der Waals surface area contributed by atoms with Crippen LogP contribution in [0.2, 0.25) is 0 Å². The van der Waals surface area contributed by atoms with E-state index in [-0.39, 0.29) is 11.3 Å². The van der Waals surface area contributed by atoms with Crippen molar-refractivity contribution in [1.82, 2.24) is 0 Å². The van der Waals surface area contributed by atoms with Gasteiger partial charge in [-0.2, -0.15) is 0 Å². The summed E-state index contributed by atoms with van der Waals surface area (Å²) >= 11 is 0. The summed E-state index contributed by atoms with van der Waals surface area (Å²) in [4.78, 5) is 0. The second-order valence-electron chi connectivity index (χ2n) is 37.0. The quantitative estimate of drug-likeness (QED) is 0.0476. The van der Waals surface area contributed by atoms with Crippen molar-refractivity contribution in [1.29, 1.82) is 0 Å². The number of rotatable bonds is 22. The molecule has 0 atom stereocenters. The van der Waals surface area contributed by atoms with E-state index in [0.717, 1.165) is 38.5 Å². The van der Waals surface area contributed by atoms with E-state index < -0.39 is 5.66 Å². The van der Waals surface area contributed by atoms with Gasteiger partial charge in [-0.05, 0) is 224 Å². The molecule has 6 nitrogen and oxygen atoms in total. The van der Waals surface area contributed by atoms with E-state index in [4.69, 9.17) is 0 Å². The van der Waals surface area contributed by atoms with E-state index in [0.29, 0.717) is 23.7 Å². The maximum atomic E-state index is 4.09. The normalized spacial score (nSPS) is 15.4. The lowest BCUT2D eigenvalue weighted by molar-refractivity contribution is -0.741. The summed E-state index contributed by atoms with van der Waals surface area (Å²) in [5.41, 5.74) is 41.2. The van der Waals surface area contributed by atoms with Crippen LogP contribution >= 0.6 is 0 Å². The molecule has 0 saturated heterocycles. The number of hydrogen-bond donors (Lipinski definition) is 0. The molecule has 12 aromatic carbocycles. The zero-order chi connectivity index (χ0) is 85.7. The Morgan fingerprint density at radius 1 is 0.248 bits per heavy atom. The van der Waals surface area contributed by atoms with Crippen LogP contribution in [0.5, 0.6) is 0 Å². The van der Waals surface area contributed by atoms with Crippen molar-refractivity contribution < 1.29 is 27.5 Å². The molecular formula is C115H122N6+6. The highest BCUT2D eigenvalue weighted by molar-refractivity contribution is 6.60. The second kappa shape index (κ2) is 32.1. The van der Waals surface area contributed by atoms with Crippen molar-refractivity contribution in [2.45, 2.75) is 204 Å². The van der Waals surface area contributed by atoms with Crippen molar-refractivity contribution in [2.24, 2.45) is 0 Å². The first-order valence-corrected chi connectivity index (χ1v) is 44.0. The molecule has 0 radical (unpaired) electrons. The standard InChI is InChI=1S/C45H54N2.C37H38N2.C33H30N2/c1-13-17-31-23-36(27(3)4)41(37(24-31)28(5)6)46-43-34-21-15-19-33-20-16-22-35(40(33)34)44(43)47(45(46,11)12)42-38(29(7)8)25-32(18-14-2)26-39(42)30(9)10;1-9-13-27-19-23(3)33(24(4)20-27)38-35-30-17-11-15-29-16-12-18-31(32(29)30)36(35)39(37(38,7)8)34-25(5)21-28(14-10-2)22-26(34)6;1-5-9-23-15-19-26(20-16-23)34-31-28-13-7-11-25-12-8-14-29(30(25)28)32(31)35(33(34,3)4)27-21-17-24(10-6-2)18-22-27/h13-16,19-30H,1-2,17-18H2,3-12H3;9-12,15-22H,1-2,13-14H2,3-8H3;5-8,11-22H,1-2,9-10H2,3-4H3/q3*+2. The molecule has 0 saturated carbocycles. The third kappa shape index (κ3) is 13.6.